The van der Waals surface area contributed by atoms with Crippen molar-refractivity contribution >= 4 is 5.78 Å². The lowest BCUT2D eigenvalue weighted by molar-refractivity contribution is 0.0936. The van der Waals surface area contributed by atoms with Gasteiger partial charge in [-0.15, -0.1) is 0 Å². The van der Waals surface area contributed by atoms with Gasteiger partial charge in [0.25, 0.3) is 0 Å². The molecule has 19 heavy (non-hydrogen) atoms. The molecule has 1 aliphatic rings. The molecule has 3 rings (SSSR count). The Morgan fingerprint density at radius 2 is 2.11 bits per heavy atom. The van der Waals surface area contributed by atoms with Crippen LogP contribution in [0, 0.1) is 5.92 Å². The van der Waals surface area contributed by atoms with Crippen LogP contribution in [0.15, 0.2) is 42.6 Å². The second kappa shape index (κ2) is 4.84. The number of fused-ring (bicyclic) bond motifs is 1. The standard InChI is InChI=1S/C16H15NO2/c1-19-16-12(6-4-8-17-16)10-13-9-11-5-2-3-7-14(11)15(13)18/h2-8,13H,9-10H2,1H3. The Morgan fingerprint density at radius 3 is 2.89 bits per heavy atom. The second-order valence-corrected chi connectivity index (χ2v) is 4.80. The van der Waals surface area contributed by atoms with Crippen molar-refractivity contribution in [2.45, 2.75) is 12.8 Å². The average Bonchev–Trinajstić information content (AvgIpc) is 2.77. The highest BCUT2D eigenvalue weighted by atomic mass is 16.5. The van der Waals surface area contributed by atoms with Gasteiger partial charge in [0.15, 0.2) is 5.78 Å². The van der Waals surface area contributed by atoms with Gasteiger partial charge in [-0.2, -0.15) is 0 Å². The smallest absolute Gasteiger partial charge is 0.216 e. The molecule has 0 N–H and O–H groups in total. The Balaban J connectivity index is 1.85. The number of hydrogen-bond donors (Lipinski definition) is 0. The highest BCUT2D eigenvalue weighted by Crippen LogP contribution is 2.30. The summed E-state index contributed by atoms with van der Waals surface area (Å²) in [6.45, 7) is 0. The van der Waals surface area contributed by atoms with E-state index in [-0.39, 0.29) is 11.7 Å². The van der Waals surface area contributed by atoms with Crippen LogP contribution >= 0.6 is 0 Å². The fraction of sp³-hybridized carbons (Fsp3) is 0.250. The number of Topliss-reactive ketones (excluding diaryl/α,β-unsaturated/α-hetero) is 1. The Morgan fingerprint density at radius 1 is 1.26 bits per heavy atom. The minimum atomic E-state index is 0.00972. The monoisotopic (exact) mass is 253 g/mol. The summed E-state index contributed by atoms with van der Waals surface area (Å²) in [5.41, 5.74) is 3.02. The molecule has 3 nitrogen and oxygen atoms in total. The van der Waals surface area contributed by atoms with Gasteiger partial charge in [0.05, 0.1) is 7.11 Å². The normalized spacial score (nSPS) is 17.3. The van der Waals surface area contributed by atoms with E-state index in [0.717, 1.165) is 23.1 Å². The molecule has 2 aromatic rings. The molecule has 1 aromatic heterocycles. The SMILES string of the molecule is COc1ncccc1CC1Cc2ccccc2C1=O. The minimum absolute atomic E-state index is 0.00972. The zero-order chi connectivity index (χ0) is 13.2. The van der Waals surface area contributed by atoms with E-state index in [9.17, 15) is 4.79 Å². The molecule has 3 heteroatoms. The van der Waals surface area contributed by atoms with Gasteiger partial charge in [-0.25, -0.2) is 4.98 Å². The van der Waals surface area contributed by atoms with Crippen molar-refractivity contribution in [2.24, 2.45) is 5.92 Å². The molecule has 1 heterocycles. The maximum Gasteiger partial charge on any atom is 0.216 e. The first kappa shape index (κ1) is 11.9. The lowest BCUT2D eigenvalue weighted by Crippen LogP contribution is -2.13. The third-order valence-corrected chi connectivity index (χ3v) is 3.63. The molecule has 0 amide bonds. The molecule has 0 saturated carbocycles. The Labute approximate surface area is 112 Å². The number of nitrogens with zero attached hydrogens (tertiary/aromatic N) is 1. The van der Waals surface area contributed by atoms with Gasteiger partial charge >= 0.3 is 0 Å². The van der Waals surface area contributed by atoms with Crippen molar-refractivity contribution in [3.05, 3.63) is 59.3 Å². The summed E-state index contributed by atoms with van der Waals surface area (Å²) in [7, 11) is 1.61. The zero-order valence-electron chi connectivity index (χ0n) is 10.8. The Hall–Kier alpha value is -2.16. The maximum absolute atomic E-state index is 12.3. The molecular weight excluding hydrogens is 238 g/mol. The van der Waals surface area contributed by atoms with Crippen LogP contribution in [-0.4, -0.2) is 17.9 Å². The van der Waals surface area contributed by atoms with E-state index in [2.05, 4.69) is 4.98 Å². The fourth-order valence-electron chi connectivity index (χ4n) is 2.71. The van der Waals surface area contributed by atoms with Gasteiger partial charge in [0, 0.05) is 23.2 Å². The first-order chi connectivity index (χ1) is 9.29. The van der Waals surface area contributed by atoms with Crippen LogP contribution in [0.25, 0.3) is 0 Å². The summed E-state index contributed by atoms with van der Waals surface area (Å²) < 4.78 is 5.25. The van der Waals surface area contributed by atoms with Crippen LogP contribution in [0.1, 0.15) is 21.5 Å². The fourth-order valence-corrected chi connectivity index (χ4v) is 2.71. The van der Waals surface area contributed by atoms with Crippen molar-refractivity contribution in [1.82, 2.24) is 4.98 Å². The molecule has 0 bridgehead atoms. The van der Waals surface area contributed by atoms with E-state index in [1.807, 2.05) is 36.4 Å². The lowest BCUT2D eigenvalue weighted by Gasteiger charge is -2.10. The van der Waals surface area contributed by atoms with Crippen LogP contribution < -0.4 is 4.74 Å². The number of rotatable bonds is 3. The summed E-state index contributed by atoms with van der Waals surface area (Å²) in [5, 5.41) is 0. The number of ether oxygens (including phenoxy) is 1. The van der Waals surface area contributed by atoms with Crippen molar-refractivity contribution in [1.29, 1.82) is 0 Å². The summed E-state index contributed by atoms with van der Waals surface area (Å²) in [5.74, 6) is 0.864. The van der Waals surface area contributed by atoms with Crippen molar-refractivity contribution in [3.63, 3.8) is 0 Å². The largest absolute Gasteiger partial charge is 0.481 e. The van der Waals surface area contributed by atoms with E-state index < -0.39 is 0 Å². The van der Waals surface area contributed by atoms with E-state index in [1.165, 1.54) is 0 Å². The van der Waals surface area contributed by atoms with E-state index >= 15 is 0 Å². The van der Waals surface area contributed by atoms with E-state index in [1.54, 1.807) is 13.3 Å². The van der Waals surface area contributed by atoms with Gasteiger partial charge in [-0.05, 0) is 24.5 Å². The number of aromatic nitrogens is 1. The molecule has 0 radical (unpaired) electrons. The number of benzene rings is 1. The van der Waals surface area contributed by atoms with E-state index in [4.69, 9.17) is 4.74 Å². The highest BCUT2D eigenvalue weighted by Gasteiger charge is 2.30. The van der Waals surface area contributed by atoms with Gasteiger partial charge in [-0.3, -0.25) is 4.79 Å². The number of methoxy groups -OCH3 is 1. The molecule has 0 aliphatic heterocycles. The molecule has 0 spiro atoms. The van der Waals surface area contributed by atoms with Gasteiger partial charge in [0.1, 0.15) is 0 Å². The zero-order valence-corrected chi connectivity index (χ0v) is 10.8. The number of hydrogen-bond acceptors (Lipinski definition) is 3. The number of carbonyl (C=O) groups excluding carboxylic acids is 1. The first-order valence-corrected chi connectivity index (χ1v) is 6.39. The first-order valence-electron chi connectivity index (χ1n) is 6.39. The van der Waals surface area contributed by atoms with Gasteiger partial charge < -0.3 is 4.74 Å². The van der Waals surface area contributed by atoms with Crippen molar-refractivity contribution in [3.8, 4) is 5.88 Å². The molecule has 1 atom stereocenters. The minimum Gasteiger partial charge on any atom is -0.481 e. The second-order valence-electron chi connectivity index (χ2n) is 4.80. The maximum atomic E-state index is 12.3. The third-order valence-electron chi connectivity index (χ3n) is 3.63. The molecule has 0 saturated heterocycles. The highest BCUT2D eigenvalue weighted by molar-refractivity contribution is 6.02. The molecule has 1 aromatic carbocycles. The Bertz CT molecular complexity index is 622. The summed E-state index contributed by atoms with van der Waals surface area (Å²) >= 11 is 0. The van der Waals surface area contributed by atoms with Crippen LogP contribution in [0.5, 0.6) is 5.88 Å². The van der Waals surface area contributed by atoms with Crippen LogP contribution in [-0.2, 0) is 12.8 Å². The number of ketones is 1. The molecule has 96 valence electrons. The molecule has 1 aliphatic carbocycles. The topological polar surface area (TPSA) is 39.2 Å². The predicted molar refractivity (Wildman–Crippen MR) is 72.5 cm³/mol. The van der Waals surface area contributed by atoms with Crippen LogP contribution in [0.4, 0.5) is 0 Å². The number of pyridine rings is 1. The van der Waals surface area contributed by atoms with Crippen LogP contribution in [0.2, 0.25) is 0 Å². The summed E-state index contributed by atoms with van der Waals surface area (Å²) in [4.78, 5) is 16.5. The summed E-state index contributed by atoms with van der Waals surface area (Å²) in [6.07, 6.45) is 3.20. The third kappa shape index (κ3) is 2.12. The average molecular weight is 253 g/mol. The van der Waals surface area contributed by atoms with E-state index in [0.29, 0.717) is 12.3 Å². The Kier molecular flexibility index (Phi) is 3.03. The summed E-state index contributed by atoms with van der Waals surface area (Å²) in [6, 6.07) is 11.7. The van der Waals surface area contributed by atoms with Crippen molar-refractivity contribution in [2.75, 3.05) is 7.11 Å². The lowest BCUT2D eigenvalue weighted by atomic mass is 9.96. The van der Waals surface area contributed by atoms with Gasteiger partial charge in [0.2, 0.25) is 5.88 Å². The molecule has 0 fully saturated rings. The molecular formula is C16H15NO2. The van der Waals surface area contributed by atoms with Crippen molar-refractivity contribution < 1.29 is 9.53 Å². The van der Waals surface area contributed by atoms with Gasteiger partial charge in [-0.1, -0.05) is 30.3 Å². The van der Waals surface area contributed by atoms with Crippen LogP contribution in [0.3, 0.4) is 0 Å². The molecule has 1 unspecified atom stereocenters. The predicted octanol–water partition coefficient (Wildman–Crippen LogP) is 2.69. The quantitative estimate of drug-likeness (QED) is 0.844. The number of carbonyl (C=O) groups is 1.